The Hall–Kier alpha value is -2.86. The number of carbonyl (C=O) groups excluding carboxylic acids is 1. The Morgan fingerprint density at radius 2 is 2.21 bits per heavy atom. The van der Waals surface area contributed by atoms with Crippen LogP contribution in [-0.2, 0) is 11.3 Å². The summed E-state index contributed by atoms with van der Waals surface area (Å²) in [5, 5.41) is 11.1. The minimum absolute atomic E-state index is 0.0389. The Balaban J connectivity index is 2.52. The third-order valence-electron chi connectivity index (χ3n) is 2.43. The average Bonchev–Trinajstić information content (AvgIpc) is 2.89. The van der Waals surface area contributed by atoms with Crippen molar-refractivity contribution >= 4 is 5.97 Å². The maximum atomic E-state index is 11.6. The van der Waals surface area contributed by atoms with Gasteiger partial charge in [-0.25, -0.2) is 9.48 Å². The molecule has 0 aliphatic rings. The SMILES string of the molecule is COC(=O)c1nnn(-c2ccccc2)c1CN=[N+]=[N-]. The minimum atomic E-state index is -0.620. The van der Waals surface area contributed by atoms with Crippen LogP contribution in [0.4, 0.5) is 0 Å². The van der Waals surface area contributed by atoms with Crippen LogP contribution in [0.1, 0.15) is 16.2 Å². The van der Waals surface area contributed by atoms with E-state index in [2.05, 4.69) is 25.1 Å². The quantitative estimate of drug-likeness (QED) is 0.361. The fourth-order valence-electron chi connectivity index (χ4n) is 1.57. The molecule has 0 radical (unpaired) electrons. The lowest BCUT2D eigenvalue weighted by atomic mass is 10.3. The second kappa shape index (κ2) is 5.65. The van der Waals surface area contributed by atoms with Gasteiger partial charge in [0, 0.05) is 4.91 Å². The molecule has 1 aromatic carbocycles. The van der Waals surface area contributed by atoms with E-state index < -0.39 is 5.97 Å². The smallest absolute Gasteiger partial charge is 0.360 e. The fraction of sp³-hybridized carbons (Fsp3) is 0.182. The van der Waals surface area contributed by atoms with Crippen LogP contribution in [0.5, 0.6) is 0 Å². The molecule has 0 amide bonds. The van der Waals surface area contributed by atoms with Crippen molar-refractivity contribution in [3.05, 3.63) is 52.2 Å². The van der Waals surface area contributed by atoms with Gasteiger partial charge >= 0.3 is 5.97 Å². The van der Waals surface area contributed by atoms with Crippen LogP contribution in [0.3, 0.4) is 0 Å². The van der Waals surface area contributed by atoms with Gasteiger partial charge in [-0.15, -0.1) is 5.10 Å². The number of ether oxygens (including phenoxy) is 1. The van der Waals surface area contributed by atoms with Crippen molar-refractivity contribution in [3.63, 3.8) is 0 Å². The molecule has 0 spiro atoms. The molecular weight excluding hydrogens is 248 g/mol. The Labute approximate surface area is 108 Å². The van der Waals surface area contributed by atoms with Crippen LogP contribution in [0.15, 0.2) is 35.4 Å². The summed E-state index contributed by atoms with van der Waals surface area (Å²) in [6.07, 6.45) is 0. The van der Waals surface area contributed by atoms with E-state index in [9.17, 15) is 4.79 Å². The number of methoxy groups -OCH3 is 1. The van der Waals surface area contributed by atoms with E-state index in [1.165, 1.54) is 11.8 Å². The highest BCUT2D eigenvalue weighted by molar-refractivity contribution is 5.88. The Morgan fingerprint density at radius 3 is 2.84 bits per heavy atom. The van der Waals surface area contributed by atoms with Gasteiger partial charge in [0.1, 0.15) is 0 Å². The molecule has 0 saturated heterocycles. The van der Waals surface area contributed by atoms with E-state index in [0.29, 0.717) is 11.4 Å². The highest BCUT2D eigenvalue weighted by Crippen LogP contribution is 2.14. The summed E-state index contributed by atoms with van der Waals surface area (Å²) in [5.74, 6) is -0.620. The van der Waals surface area contributed by atoms with E-state index in [0.717, 1.165) is 0 Å². The van der Waals surface area contributed by atoms with Crippen molar-refractivity contribution in [2.24, 2.45) is 5.11 Å². The largest absolute Gasteiger partial charge is 0.464 e. The summed E-state index contributed by atoms with van der Waals surface area (Å²) in [4.78, 5) is 14.2. The molecule has 1 heterocycles. The normalized spacial score (nSPS) is 9.74. The van der Waals surface area contributed by atoms with Gasteiger partial charge in [0.15, 0.2) is 5.69 Å². The van der Waals surface area contributed by atoms with Crippen molar-refractivity contribution in [1.29, 1.82) is 0 Å². The monoisotopic (exact) mass is 258 g/mol. The molecule has 8 nitrogen and oxygen atoms in total. The zero-order chi connectivity index (χ0) is 13.7. The summed E-state index contributed by atoms with van der Waals surface area (Å²) in [6, 6.07) is 9.11. The molecule has 2 aromatic rings. The van der Waals surface area contributed by atoms with Crippen LogP contribution >= 0.6 is 0 Å². The van der Waals surface area contributed by atoms with Gasteiger partial charge in [0.2, 0.25) is 0 Å². The molecule has 0 bridgehead atoms. The first-order valence-corrected chi connectivity index (χ1v) is 5.37. The van der Waals surface area contributed by atoms with Crippen molar-refractivity contribution in [2.45, 2.75) is 6.54 Å². The van der Waals surface area contributed by atoms with Gasteiger partial charge in [-0.05, 0) is 17.7 Å². The number of nitrogens with zero attached hydrogens (tertiary/aromatic N) is 6. The zero-order valence-corrected chi connectivity index (χ0v) is 10.1. The maximum absolute atomic E-state index is 11.6. The number of hydrogen-bond acceptors (Lipinski definition) is 5. The van der Waals surface area contributed by atoms with Gasteiger partial charge < -0.3 is 4.74 Å². The number of azide groups is 1. The molecule has 0 saturated carbocycles. The topological polar surface area (TPSA) is 106 Å². The molecule has 2 rings (SSSR count). The van der Waals surface area contributed by atoms with E-state index in [4.69, 9.17) is 5.53 Å². The number of aromatic nitrogens is 3. The Bertz CT molecular complexity index is 630. The number of benzene rings is 1. The molecule has 0 N–H and O–H groups in total. The third kappa shape index (κ3) is 2.53. The first kappa shape index (κ1) is 12.6. The van der Waals surface area contributed by atoms with Crippen molar-refractivity contribution in [3.8, 4) is 5.69 Å². The van der Waals surface area contributed by atoms with Gasteiger partial charge in [0.25, 0.3) is 0 Å². The number of rotatable bonds is 4. The summed E-state index contributed by atoms with van der Waals surface area (Å²) in [7, 11) is 1.25. The van der Waals surface area contributed by atoms with Crippen LogP contribution in [0.25, 0.3) is 16.1 Å². The van der Waals surface area contributed by atoms with Crippen molar-refractivity contribution in [1.82, 2.24) is 15.0 Å². The second-order valence-corrected chi connectivity index (χ2v) is 3.51. The highest BCUT2D eigenvalue weighted by atomic mass is 16.5. The fourth-order valence-corrected chi connectivity index (χ4v) is 1.57. The van der Waals surface area contributed by atoms with E-state index in [1.54, 1.807) is 12.1 Å². The zero-order valence-electron chi connectivity index (χ0n) is 10.1. The summed E-state index contributed by atoms with van der Waals surface area (Å²) in [6.45, 7) is -0.0389. The first-order chi connectivity index (χ1) is 9.27. The molecule has 8 heteroatoms. The molecule has 1 aromatic heterocycles. The van der Waals surface area contributed by atoms with Gasteiger partial charge in [0.05, 0.1) is 25.0 Å². The average molecular weight is 258 g/mol. The maximum Gasteiger partial charge on any atom is 0.360 e. The summed E-state index contributed by atoms with van der Waals surface area (Å²) >= 11 is 0. The van der Waals surface area contributed by atoms with Crippen LogP contribution in [0.2, 0.25) is 0 Å². The van der Waals surface area contributed by atoms with Gasteiger partial charge in [-0.3, -0.25) is 0 Å². The lowest BCUT2D eigenvalue weighted by Crippen LogP contribution is -2.08. The van der Waals surface area contributed by atoms with Crippen LogP contribution in [0, 0.1) is 0 Å². The number of esters is 1. The lowest BCUT2D eigenvalue weighted by Gasteiger charge is -2.04. The second-order valence-electron chi connectivity index (χ2n) is 3.51. The molecule has 0 aliphatic carbocycles. The highest BCUT2D eigenvalue weighted by Gasteiger charge is 2.20. The Morgan fingerprint density at radius 1 is 1.47 bits per heavy atom. The molecule has 0 fully saturated rings. The van der Waals surface area contributed by atoms with Crippen LogP contribution < -0.4 is 0 Å². The number of hydrogen-bond donors (Lipinski definition) is 0. The lowest BCUT2D eigenvalue weighted by molar-refractivity contribution is 0.0592. The molecular formula is C11H10N6O2. The first-order valence-electron chi connectivity index (χ1n) is 5.37. The molecule has 0 unspecified atom stereocenters. The standard InChI is InChI=1S/C11H10N6O2/c1-19-11(18)10-9(7-13-15-12)17(16-14-10)8-5-3-2-4-6-8/h2-6H,7H2,1H3. The van der Waals surface area contributed by atoms with Crippen LogP contribution in [-0.4, -0.2) is 28.1 Å². The van der Waals surface area contributed by atoms with Gasteiger partial charge in [-0.1, -0.05) is 28.5 Å². The van der Waals surface area contributed by atoms with E-state index in [-0.39, 0.29) is 12.2 Å². The van der Waals surface area contributed by atoms with E-state index >= 15 is 0 Å². The molecule has 0 aliphatic heterocycles. The molecule has 96 valence electrons. The number of para-hydroxylation sites is 1. The minimum Gasteiger partial charge on any atom is -0.464 e. The Kier molecular flexibility index (Phi) is 3.75. The van der Waals surface area contributed by atoms with Crippen molar-refractivity contribution in [2.75, 3.05) is 7.11 Å². The number of carbonyl (C=O) groups is 1. The van der Waals surface area contributed by atoms with E-state index in [1.807, 2.05) is 18.2 Å². The summed E-state index contributed by atoms with van der Waals surface area (Å²) < 4.78 is 6.06. The molecule has 19 heavy (non-hydrogen) atoms. The predicted octanol–water partition coefficient (Wildman–Crippen LogP) is 1.86. The third-order valence-corrected chi connectivity index (χ3v) is 2.43. The van der Waals surface area contributed by atoms with Gasteiger partial charge in [-0.2, -0.15) is 0 Å². The predicted molar refractivity (Wildman–Crippen MR) is 65.5 cm³/mol. The molecule has 0 atom stereocenters. The summed E-state index contributed by atoms with van der Waals surface area (Å²) in [5.41, 5.74) is 9.55. The van der Waals surface area contributed by atoms with Crippen molar-refractivity contribution < 1.29 is 9.53 Å².